The SMILES string of the molecule is CCc1c2c(nc3cc(F)c(OC)cc13)-c1cc([C@@](O)(CC)C(=O)NCCN(C)C)c(CO)c(=O)n1C2. The van der Waals surface area contributed by atoms with E-state index in [1.807, 2.05) is 25.9 Å². The van der Waals surface area contributed by atoms with E-state index in [4.69, 9.17) is 9.72 Å². The number of nitrogens with zero attached hydrogens (tertiary/aromatic N) is 3. The second kappa shape index (κ2) is 10.2. The number of halogens is 1. The summed E-state index contributed by atoms with van der Waals surface area (Å²) >= 11 is 0. The fraction of sp³-hybridized carbons (Fsp3) is 0.444. The van der Waals surface area contributed by atoms with E-state index in [-0.39, 0.29) is 29.8 Å². The first kappa shape index (κ1) is 26.7. The Labute approximate surface area is 214 Å². The molecule has 3 N–H and O–H groups in total. The summed E-state index contributed by atoms with van der Waals surface area (Å²) in [5, 5.41) is 25.1. The van der Waals surface area contributed by atoms with E-state index in [9.17, 15) is 24.2 Å². The minimum atomic E-state index is -2.04. The van der Waals surface area contributed by atoms with Crippen LogP contribution in [0.25, 0.3) is 22.3 Å². The fourth-order valence-electron chi connectivity index (χ4n) is 5.05. The minimum absolute atomic E-state index is 0.0140. The molecule has 9 nitrogen and oxygen atoms in total. The zero-order valence-corrected chi connectivity index (χ0v) is 21.8. The van der Waals surface area contributed by atoms with Crippen molar-refractivity contribution in [1.29, 1.82) is 0 Å². The third-order valence-electron chi connectivity index (χ3n) is 7.13. The summed E-state index contributed by atoms with van der Waals surface area (Å²) in [6, 6.07) is 4.48. The van der Waals surface area contributed by atoms with E-state index in [0.717, 1.165) is 16.5 Å². The lowest BCUT2D eigenvalue weighted by Crippen LogP contribution is -2.47. The Balaban J connectivity index is 1.92. The van der Waals surface area contributed by atoms with Crippen molar-refractivity contribution in [2.75, 3.05) is 34.3 Å². The average molecular weight is 513 g/mol. The molecule has 3 aromatic rings. The Morgan fingerprint density at radius 2 is 2.00 bits per heavy atom. The van der Waals surface area contributed by atoms with Gasteiger partial charge in [-0.2, -0.15) is 0 Å². The molecular formula is C27H33FN4O5. The average Bonchev–Trinajstić information content (AvgIpc) is 3.24. The Hall–Kier alpha value is -3.34. The van der Waals surface area contributed by atoms with Crippen LogP contribution in [0.3, 0.4) is 0 Å². The zero-order chi connectivity index (χ0) is 27.1. The van der Waals surface area contributed by atoms with Crippen molar-refractivity contribution in [2.24, 2.45) is 0 Å². The molecule has 1 aromatic carbocycles. The molecule has 37 heavy (non-hydrogen) atoms. The Morgan fingerprint density at radius 3 is 2.59 bits per heavy atom. The summed E-state index contributed by atoms with van der Waals surface area (Å²) < 4.78 is 21.2. The van der Waals surface area contributed by atoms with Crippen molar-refractivity contribution in [3.05, 3.63) is 56.6 Å². The number of fused-ring (bicyclic) bond motifs is 4. The number of aliphatic hydroxyl groups is 2. The number of carbonyl (C=O) groups excluding carboxylic acids is 1. The van der Waals surface area contributed by atoms with E-state index in [2.05, 4.69) is 5.32 Å². The number of methoxy groups -OCH3 is 1. The molecule has 2 aromatic heterocycles. The molecule has 0 aliphatic carbocycles. The molecule has 0 saturated heterocycles. The molecule has 0 saturated carbocycles. The quantitative estimate of drug-likeness (QED) is 0.314. The molecule has 4 rings (SSSR count). The Kier molecular flexibility index (Phi) is 7.36. The second-order valence-corrected chi connectivity index (χ2v) is 9.52. The minimum Gasteiger partial charge on any atom is -0.494 e. The van der Waals surface area contributed by atoms with Crippen molar-refractivity contribution in [1.82, 2.24) is 19.8 Å². The highest BCUT2D eigenvalue weighted by Gasteiger charge is 2.40. The predicted octanol–water partition coefficient (Wildman–Crippen LogP) is 1.90. The summed E-state index contributed by atoms with van der Waals surface area (Å²) in [6.45, 7) is 4.05. The second-order valence-electron chi connectivity index (χ2n) is 9.52. The van der Waals surface area contributed by atoms with E-state index >= 15 is 0 Å². The number of amides is 1. The van der Waals surface area contributed by atoms with Crippen LogP contribution in [-0.4, -0.2) is 64.9 Å². The van der Waals surface area contributed by atoms with Gasteiger partial charge in [0.05, 0.1) is 37.2 Å². The van der Waals surface area contributed by atoms with Gasteiger partial charge in [0.25, 0.3) is 11.5 Å². The van der Waals surface area contributed by atoms with Crippen molar-refractivity contribution in [2.45, 2.75) is 45.4 Å². The molecule has 3 heterocycles. The standard InChI is InChI=1S/C27H33FN4O5/c1-6-15-16-10-23(37-5)20(28)12-21(16)30-24-17(15)13-32-22(24)11-19(18(14-33)25(32)34)27(36,7-2)26(35)29-8-9-31(3)4/h10-12,33,36H,6-9,13-14H2,1-5H3,(H,29,35)/t27-/m0/s1. The van der Waals surface area contributed by atoms with Crippen molar-refractivity contribution in [3.63, 3.8) is 0 Å². The van der Waals surface area contributed by atoms with Crippen LogP contribution in [0.5, 0.6) is 5.75 Å². The van der Waals surface area contributed by atoms with Crippen molar-refractivity contribution in [3.8, 4) is 17.1 Å². The van der Waals surface area contributed by atoms with Crippen LogP contribution in [0.2, 0.25) is 0 Å². The number of aromatic nitrogens is 2. The molecule has 1 atom stereocenters. The van der Waals surface area contributed by atoms with Crippen LogP contribution in [0.15, 0.2) is 23.0 Å². The fourth-order valence-corrected chi connectivity index (χ4v) is 5.05. The lowest BCUT2D eigenvalue weighted by Gasteiger charge is -2.29. The maximum Gasteiger partial charge on any atom is 0.257 e. The number of aliphatic hydroxyl groups excluding tert-OH is 1. The zero-order valence-electron chi connectivity index (χ0n) is 21.8. The summed E-state index contributed by atoms with van der Waals surface area (Å²) in [6.07, 6.45) is 0.589. The Morgan fingerprint density at radius 1 is 1.27 bits per heavy atom. The largest absolute Gasteiger partial charge is 0.494 e. The first-order chi connectivity index (χ1) is 17.6. The monoisotopic (exact) mass is 512 g/mol. The number of aryl methyl sites for hydroxylation is 1. The van der Waals surface area contributed by atoms with Crippen LogP contribution >= 0.6 is 0 Å². The van der Waals surface area contributed by atoms with E-state index in [1.54, 1.807) is 19.1 Å². The topological polar surface area (TPSA) is 117 Å². The van der Waals surface area contributed by atoms with Crippen LogP contribution in [-0.2, 0) is 30.0 Å². The molecule has 0 bridgehead atoms. The number of hydrogen-bond acceptors (Lipinski definition) is 7. The molecule has 10 heteroatoms. The lowest BCUT2D eigenvalue weighted by atomic mass is 9.86. The van der Waals surface area contributed by atoms with Gasteiger partial charge in [-0.15, -0.1) is 0 Å². The van der Waals surface area contributed by atoms with Gasteiger partial charge in [0.2, 0.25) is 0 Å². The van der Waals surface area contributed by atoms with Crippen LogP contribution in [0.1, 0.15) is 42.5 Å². The number of benzene rings is 1. The molecule has 1 amide bonds. The van der Waals surface area contributed by atoms with Gasteiger partial charge in [-0.25, -0.2) is 9.37 Å². The molecule has 0 spiro atoms. The molecular weight excluding hydrogens is 479 g/mol. The lowest BCUT2D eigenvalue weighted by molar-refractivity contribution is -0.141. The van der Waals surface area contributed by atoms with E-state index in [1.165, 1.54) is 17.7 Å². The number of nitrogens with one attached hydrogen (secondary N) is 1. The van der Waals surface area contributed by atoms with Gasteiger partial charge in [-0.05, 0) is 44.6 Å². The van der Waals surface area contributed by atoms with E-state index < -0.39 is 29.5 Å². The first-order valence-electron chi connectivity index (χ1n) is 12.3. The third-order valence-corrected chi connectivity index (χ3v) is 7.13. The normalized spacial score (nSPS) is 14.0. The van der Waals surface area contributed by atoms with Gasteiger partial charge in [-0.3, -0.25) is 9.59 Å². The highest BCUT2D eigenvalue weighted by molar-refractivity contribution is 5.90. The molecule has 0 fully saturated rings. The van der Waals surface area contributed by atoms with Crippen LogP contribution in [0, 0.1) is 5.82 Å². The molecule has 1 aliphatic heterocycles. The number of ether oxygens (including phenoxy) is 1. The molecule has 0 unspecified atom stereocenters. The number of carbonyl (C=O) groups is 1. The summed E-state index contributed by atoms with van der Waals surface area (Å²) in [5.74, 6) is -1.09. The smallest absolute Gasteiger partial charge is 0.257 e. The molecule has 198 valence electrons. The van der Waals surface area contributed by atoms with Gasteiger partial charge in [0.1, 0.15) is 0 Å². The summed E-state index contributed by atoms with van der Waals surface area (Å²) in [5.41, 5.74) is 0.481. The summed E-state index contributed by atoms with van der Waals surface area (Å²) in [7, 11) is 5.13. The highest BCUT2D eigenvalue weighted by atomic mass is 19.1. The van der Waals surface area contributed by atoms with Crippen LogP contribution < -0.4 is 15.6 Å². The summed E-state index contributed by atoms with van der Waals surface area (Å²) in [4.78, 5) is 33.3. The number of pyridine rings is 2. The highest BCUT2D eigenvalue weighted by Crippen LogP contribution is 2.39. The number of hydrogen-bond donors (Lipinski definition) is 3. The Bertz CT molecular complexity index is 1440. The van der Waals surface area contributed by atoms with Crippen molar-refractivity contribution < 1.29 is 24.1 Å². The van der Waals surface area contributed by atoms with E-state index in [0.29, 0.717) is 36.4 Å². The predicted molar refractivity (Wildman–Crippen MR) is 138 cm³/mol. The van der Waals surface area contributed by atoms with Gasteiger partial charge in [0.15, 0.2) is 17.2 Å². The van der Waals surface area contributed by atoms with Gasteiger partial charge in [-0.1, -0.05) is 13.8 Å². The first-order valence-corrected chi connectivity index (χ1v) is 12.3. The van der Waals surface area contributed by atoms with Gasteiger partial charge in [0, 0.05) is 41.2 Å². The molecule has 1 aliphatic rings. The van der Waals surface area contributed by atoms with Gasteiger partial charge >= 0.3 is 0 Å². The van der Waals surface area contributed by atoms with Crippen LogP contribution in [0.4, 0.5) is 4.39 Å². The maximum absolute atomic E-state index is 14.5. The maximum atomic E-state index is 14.5. The number of rotatable bonds is 9. The van der Waals surface area contributed by atoms with Crippen molar-refractivity contribution >= 4 is 16.8 Å². The third kappa shape index (κ3) is 4.39. The number of likely N-dealkylation sites (N-methyl/N-ethyl adjacent to an activating group) is 1. The molecule has 0 radical (unpaired) electrons. The van der Waals surface area contributed by atoms with Gasteiger partial charge < -0.3 is 29.7 Å².